The molecule has 1 saturated carbocycles. The SMILES string of the molecule is CCC1(C)CCN(C2CC(C)CCC2C(=O)O)CC1. The van der Waals surface area contributed by atoms with E-state index >= 15 is 0 Å². The Morgan fingerprint density at radius 1 is 1.32 bits per heavy atom. The van der Waals surface area contributed by atoms with E-state index in [2.05, 4.69) is 25.7 Å². The number of hydrogen-bond donors (Lipinski definition) is 1. The van der Waals surface area contributed by atoms with E-state index in [4.69, 9.17) is 0 Å². The lowest BCUT2D eigenvalue weighted by Gasteiger charge is -2.46. The predicted molar refractivity (Wildman–Crippen MR) is 77.1 cm³/mol. The molecule has 3 unspecified atom stereocenters. The van der Waals surface area contributed by atoms with Crippen molar-refractivity contribution in [2.75, 3.05) is 13.1 Å². The molecule has 2 aliphatic rings. The average Bonchev–Trinajstić information content (AvgIpc) is 2.39. The third-order valence-corrected chi connectivity index (χ3v) is 5.72. The first-order valence-corrected chi connectivity index (χ1v) is 7.92. The van der Waals surface area contributed by atoms with E-state index in [9.17, 15) is 9.90 Å². The van der Waals surface area contributed by atoms with Crippen LogP contribution < -0.4 is 0 Å². The molecule has 1 aliphatic carbocycles. The van der Waals surface area contributed by atoms with Gasteiger partial charge in [0.05, 0.1) is 5.92 Å². The Morgan fingerprint density at radius 2 is 1.95 bits per heavy atom. The summed E-state index contributed by atoms with van der Waals surface area (Å²) in [4.78, 5) is 13.9. The zero-order valence-electron chi connectivity index (χ0n) is 12.7. The molecule has 3 atom stereocenters. The summed E-state index contributed by atoms with van der Waals surface area (Å²) in [6.45, 7) is 9.10. The van der Waals surface area contributed by atoms with Gasteiger partial charge in [-0.2, -0.15) is 0 Å². The molecule has 1 saturated heterocycles. The van der Waals surface area contributed by atoms with E-state index in [1.165, 1.54) is 19.3 Å². The Balaban J connectivity index is 2.01. The number of nitrogens with zero attached hydrogens (tertiary/aromatic N) is 1. The molecule has 0 aromatic heterocycles. The molecule has 0 aromatic carbocycles. The largest absolute Gasteiger partial charge is 0.481 e. The van der Waals surface area contributed by atoms with E-state index in [0.29, 0.717) is 11.3 Å². The number of carbonyl (C=O) groups is 1. The molecular formula is C16H29NO2. The zero-order chi connectivity index (χ0) is 14.0. The topological polar surface area (TPSA) is 40.5 Å². The van der Waals surface area contributed by atoms with Crippen LogP contribution in [0.1, 0.15) is 59.3 Å². The summed E-state index contributed by atoms with van der Waals surface area (Å²) >= 11 is 0. The van der Waals surface area contributed by atoms with Gasteiger partial charge in [0.1, 0.15) is 0 Å². The molecule has 1 N–H and O–H groups in total. The number of piperidine rings is 1. The summed E-state index contributed by atoms with van der Waals surface area (Å²) in [6, 6.07) is 0.280. The highest BCUT2D eigenvalue weighted by molar-refractivity contribution is 5.71. The van der Waals surface area contributed by atoms with Crippen LogP contribution >= 0.6 is 0 Å². The van der Waals surface area contributed by atoms with E-state index in [1.807, 2.05) is 0 Å². The van der Waals surface area contributed by atoms with Crippen molar-refractivity contribution in [2.45, 2.75) is 65.3 Å². The first-order chi connectivity index (χ1) is 8.95. The van der Waals surface area contributed by atoms with Crippen LogP contribution in [0.2, 0.25) is 0 Å². The molecule has 3 nitrogen and oxygen atoms in total. The molecule has 0 amide bonds. The maximum absolute atomic E-state index is 11.5. The molecule has 3 heteroatoms. The Kier molecular flexibility index (Phi) is 4.54. The first-order valence-electron chi connectivity index (χ1n) is 7.92. The van der Waals surface area contributed by atoms with Gasteiger partial charge in [0.15, 0.2) is 0 Å². The summed E-state index contributed by atoms with van der Waals surface area (Å²) in [5.41, 5.74) is 0.482. The van der Waals surface area contributed by atoms with Crippen molar-refractivity contribution in [2.24, 2.45) is 17.3 Å². The minimum Gasteiger partial charge on any atom is -0.481 e. The fraction of sp³-hybridized carbons (Fsp3) is 0.938. The third-order valence-electron chi connectivity index (χ3n) is 5.72. The van der Waals surface area contributed by atoms with Crippen molar-refractivity contribution >= 4 is 5.97 Å². The smallest absolute Gasteiger partial charge is 0.308 e. The minimum atomic E-state index is -0.583. The van der Waals surface area contributed by atoms with Crippen molar-refractivity contribution in [1.29, 1.82) is 0 Å². The zero-order valence-corrected chi connectivity index (χ0v) is 12.7. The molecule has 0 aromatic rings. The van der Waals surface area contributed by atoms with Crippen LogP contribution in [0.4, 0.5) is 0 Å². The molecular weight excluding hydrogens is 238 g/mol. The van der Waals surface area contributed by atoms with Crippen molar-refractivity contribution < 1.29 is 9.90 Å². The normalized spacial score (nSPS) is 36.1. The van der Waals surface area contributed by atoms with Gasteiger partial charge in [0.25, 0.3) is 0 Å². The summed E-state index contributed by atoms with van der Waals surface area (Å²) in [6.07, 6.45) is 6.70. The number of aliphatic carboxylic acids is 1. The summed E-state index contributed by atoms with van der Waals surface area (Å²) in [5, 5.41) is 9.45. The number of carboxylic acid groups (broad SMARTS) is 1. The van der Waals surface area contributed by atoms with Gasteiger partial charge in [0.2, 0.25) is 0 Å². The van der Waals surface area contributed by atoms with Crippen LogP contribution in [0.3, 0.4) is 0 Å². The molecule has 110 valence electrons. The molecule has 0 spiro atoms. The molecule has 0 bridgehead atoms. The Hall–Kier alpha value is -0.570. The van der Waals surface area contributed by atoms with Gasteiger partial charge in [-0.15, -0.1) is 0 Å². The standard InChI is InChI=1S/C16H29NO2/c1-4-16(3)7-9-17(10-8-16)14-11-12(2)5-6-13(14)15(18)19/h12-14H,4-11H2,1-3H3,(H,18,19). The molecule has 2 rings (SSSR count). The second kappa shape index (κ2) is 5.82. The van der Waals surface area contributed by atoms with Gasteiger partial charge < -0.3 is 5.11 Å². The van der Waals surface area contributed by atoms with Gasteiger partial charge in [0, 0.05) is 6.04 Å². The van der Waals surface area contributed by atoms with Crippen LogP contribution in [-0.2, 0) is 4.79 Å². The highest BCUT2D eigenvalue weighted by Crippen LogP contribution is 2.39. The van der Waals surface area contributed by atoms with Gasteiger partial charge in [-0.05, 0) is 56.5 Å². The maximum Gasteiger partial charge on any atom is 0.308 e. The molecule has 1 aliphatic heterocycles. The van der Waals surface area contributed by atoms with E-state index in [1.54, 1.807) is 0 Å². The lowest BCUT2D eigenvalue weighted by Crippen LogP contribution is -2.51. The maximum atomic E-state index is 11.5. The van der Waals surface area contributed by atoms with Gasteiger partial charge in [-0.3, -0.25) is 9.69 Å². The Labute approximate surface area is 117 Å². The monoisotopic (exact) mass is 267 g/mol. The van der Waals surface area contributed by atoms with Crippen molar-refractivity contribution in [3.63, 3.8) is 0 Å². The van der Waals surface area contributed by atoms with Crippen molar-refractivity contribution in [1.82, 2.24) is 4.90 Å². The van der Waals surface area contributed by atoms with Crippen LogP contribution in [0, 0.1) is 17.3 Å². The molecule has 0 radical (unpaired) electrons. The number of likely N-dealkylation sites (tertiary alicyclic amines) is 1. The highest BCUT2D eigenvalue weighted by atomic mass is 16.4. The predicted octanol–water partition coefficient (Wildman–Crippen LogP) is 3.39. The summed E-state index contributed by atoms with van der Waals surface area (Å²) in [7, 11) is 0. The average molecular weight is 267 g/mol. The molecule has 19 heavy (non-hydrogen) atoms. The van der Waals surface area contributed by atoms with E-state index < -0.39 is 5.97 Å². The number of hydrogen-bond acceptors (Lipinski definition) is 2. The summed E-state index contributed by atoms with van der Waals surface area (Å²) < 4.78 is 0. The van der Waals surface area contributed by atoms with Gasteiger partial charge in [-0.25, -0.2) is 0 Å². The van der Waals surface area contributed by atoms with E-state index in [-0.39, 0.29) is 12.0 Å². The number of carboxylic acids is 1. The van der Waals surface area contributed by atoms with Gasteiger partial charge in [-0.1, -0.05) is 27.2 Å². The van der Waals surface area contributed by atoms with E-state index in [0.717, 1.165) is 32.4 Å². The van der Waals surface area contributed by atoms with Gasteiger partial charge >= 0.3 is 5.97 Å². The van der Waals surface area contributed by atoms with Crippen LogP contribution in [-0.4, -0.2) is 35.1 Å². The lowest BCUT2D eigenvalue weighted by atomic mass is 9.74. The molecule has 1 heterocycles. The fourth-order valence-corrected chi connectivity index (χ4v) is 3.79. The van der Waals surface area contributed by atoms with Crippen LogP contribution in [0.25, 0.3) is 0 Å². The quantitative estimate of drug-likeness (QED) is 0.852. The third kappa shape index (κ3) is 3.31. The molecule has 2 fully saturated rings. The van der Waals surface area contributed by atoms with Crippen LogP contribution in [0.15, 0.2) is 0 Å². The Morgan fingerprint density at radius 3 is 2.47 bits per heavy atom. The minimum absolute atomic E-state index is 0.137. The highest BCUT2D eigenvalue weighted by Gasteiger charge is 2.39. The second-order valence-corrected chi connectivity index (χ2v) is 7.13. The Bertz CT molecular complexity index is 321. The summed E-state index contributed by atoms with van der Waals surface area (Å²) in [5.74, 6) is -0.0389. The van der Waals surface area contributed by atoms with Crippen molar-refractivity contribution in [3.8, 4) is 0 Å². The first kappa shape index (κ1) is 14.8. The number of rotatable bonds is 3. The second-order valence-electron chi connectivity index (χ2n) is 7.13. The fourth-order valence-electron chi connectivity index (χ4n) is 3.79. The lowest BCUT2D eigenvalue weighted by molar-refractivity contribution is -0.146. The van der Waals surface area contributed by atoms with Crippen LogP contribution in [0.5, 0.6) is 0 Å². The van der Waals surface area contributed by atoms with Crippen molar-refractivity contribution in [3.05, 3.63) is 0 Å².